The van der Waals surface area contributed by atoms with Crippen molar-refractivity contribution in [1.82, 2.24) is 0 Å². The SMILES string of the molecule is Cc1ccc(C)c(N2C[C@H](C(=O)Oc3cccc(N4C(=O)[C@@H]5[C@H]6CC[C@@H](C6)[C@@H]5C4=O)c3)CC2=O)c1. The molecule has 35 heavy (non-hydrogen) atoms. The van der Waals surface area contributed by atoms with Gasteiger partial charge >= 0.3 is 5.97 Å². The predicted octanol–water partition coefficient (Wildman–Crippen LogP) is 3.80. The third-order valence-electron chi connectivity index (χ3n) is 8.34. The van der Waals surface area contributed by atoms with Crippen LogP contribution >= 0.6 is 0 Å². The lowest BCUT2D eigenvalue weighted by Gasteiger charge is -2.20. The van der Waals surface area contributed by atoms with E-state index in [0.717, 1.165) is 36.1 Å². The Morgan fingerprint density at radius 3 is 2.37 bits per heavy atom. The second-order valence-electron chi connectivity index (χ2n) is 10.5. The number of amides is 3. The van der Waals surface area contributed by atoms with E-state index >= 15 is 0 Å². The number of aryl methyl sites for hydroxylation is 2. The van der Waals surface area contributed by atoms with Crippen molar-refractivity contribution in [3.05, 3.63) is 53.6 Å². The minimum atomic E-state index is -0.587. The van der Waals surface area contributed by atoms with Crippen molar-refractivity contribution < 1.29 is 23.9 Å². The van der Waals surface area contributed by atoms with Crippen LogP contribution in [0.5, 0.6) is 5.75 Å². The van der Waals surface area contributed by atoms with Gasteiger partial charge in [-0.2, -0.15) is 0 Å². The highest BCUT2D eigenvalue weighted by Gasteiger charge is 2.61. The zero-order valence-corrected chi connectivity index (χ0v) is 19.9. The first kappa shape index (κ1) is 22.0. The highest BCUT2D eigenvalue weighted by atomic mass is 16.5. The molecule has 5 atom stereocenters. The summed E-state index contributed by atoms with van der Waals surface area (Å²) in [6.45, 7) is 4.17. The van der Waals surface area contributed by atoms with Crippen LogP contribution in [0.1, 0.15) is 36.8 Å². The van der Waals surface area contributed by atoms with Crippen molar-refractivity contribution >= 4 is 35.1 Å². The molecule has 3 amide bonds. The summed E-state index contributed by atoms with van der Waals surface area (Å²) in [5.41, 5.74) is 3.28. The number of carbonyl (C=O) groups excluding carboxylic acids is 4. The fourth-order valence-electron chi connectivity index (χ4n) is 6.66. The van der Waals surface area contributed by atoms with Crippen molar-refractivity contribution in [2.75, 3.05) is 16.3 Å². The quantitative estimate of drug-likeness (QED) is 0.384. The molecule has 7 nitrogen and oxygen atoms in total. The van der Waals surface area contributed by atoms with E-state index in [1.165, 1.54) is 4.90 Å². The second kappa shape index (κ2) is 8.04. The molecule has 0 spiro atoms. The number of hydrogen-bond donors (Lipinski definition) is 0. The lowest BCUT2D eigenvalue weighted by atomic mass is 9.81. The molecule has 2 saturated carbocycles. The van der Waals surface area contributed by atoms with E-state index in [1.54, 1.807) is 29.2 Å². The van der Waals surface area contributed by atoms with Gasteiger partial charge in [-0.25, -0.2) is 4.90 Å². The minimum absolute atomic E-state index is 0.0845. The van der Waals surface area contributed by atoms with E-state index in [-0.39, 0.29) is 48.3 Å². The Balaban J connectivity index is 1.17. The molecule has 0 radical (unpaired) electrons. The highest BCUT2D eigenvalue weighted by Crippen LogP contribution is 2.56. The van der Waals surface area contributed by atoms with E-state index in [2.05, 4.69) is 0 Å². The van der Waals surface area contributed by atoms with E-state index < -0.39 is 11.9 Å². The summed E-state index contributed by atoms with van der Waals surface area (Å²) in [5, 5.41) is 0. The smallest absolute Gasteiger partial charge is 0.316 e. The standard InChI is InChI=1S/C28H28N2O5/c1-15-6-7-16(2)22(10-15)29-14-19(12-23(29)31)28(34)35-21-5-3-4-20(13-21)30-26(32)24-17-8-9-18(11-17)25(24)27(30)33/h3-7,10,13,17-19,24-25H,8-9,11-12,14H2,1-2H3/t17-,18-,19+,24-,25+/m0/s1. The summed E-state index contributed by atoms with van der Waals surface area (Å²) in [4.78, 5) is 54.9. The summed E-state index contributed by atoms with van der Waals surface area (Å²) < 4.78 is 5.64. The molecule has 2 aliphatic carbocycles. The average molecular weight is 473 g/mol. The molecule has 2 aliphatic heterocycles. The summed E-state index contributed by atoms with van der Waals surface area (Å²) in [6.07, 6.45) is 3.11. The Bertz CT molecular complexity index is 1240. The first-order valence-corrected chi connectivity index (χ1v) is 12.4. The van der Waals surface area contributed by atoms with Crippen LogP contribution in [0.15, 0.2) is 42.5 Å². The van der Waals surface area contributed by atoms with Crippen molar-refractivity contribution in [2.24, 2.45) is 29.6 Å². The van der Waals surface area contributed by atoms with Gasteiger partial charge in [0.05, 0.1) is 23.4 Å². The van der Waals surface area contributed by atoms with Gasteiger partial charge < -0.3 is 9.64 Å². The Morgan fingerprint density at radius 1 is 0.943 bits per heavy atom. The summed E-state index contributed by atoms with van der Waals surface area (Å²) in [7, 11) is 0. The van der Waals surface area contributed by atoms with E-state index in [9.17, 15) is 19.2 Å². The van der Waals surface area contributed by atoms with Gasteiger partial charge in [0.1, 0.15) is 5.75 Å². The van der Waals surface area contributed by atoms with Crippen LogP contribution < -0.4 is 14.5 Å². The Labute approximate surface area is 204 Å². The molecule has 0 N–H and O–H groups in total. The number of nitrogens with zero attached hydrogens (tertiary/aromatic N) is 2. The molecule has 2 bridgehead atoms. The number of benzene rings is 2. The molecule has 2 aromatic carbocycles. The van der Waals surface area contributed by atoms with Crippen LogP contribution in [-0.2, 0) is 19.2 Å². The molecule has 7 heteroatoms. The van der Waals surface area contributed by atoms with Gasteiger partial charge in [0, 0.05) is 24.7 Å². The molecule has 2 heterocycles. The molecule has 0 aromatic heterocycles. The van der Waals surface area contributed by atoms with Crippen LogP contribution in [-0.4, -0.2) is 30.2 Å². The van der Waals surface area contributed by atoms with Crippen molar-refractivity contribution in [3.8, 4) is 5.75 Å². The van der Waals surface area contributed by atoms with Crippen molar-refractivity contribution in [2.45, 2.75) is 39.5 Å². The summed E-state index contributed by atoms with van der Waals surface area (Å²) in [6, 6.07) is 12.5. The first-order chi connectivity index (χ1) is 16.8. The van der Waals surface area contributed by atoms with E-state index in [0.29, 0.717) is 17.5 Å². The number of esters is 1. The van der Waals surface area contributed by atoms with E-state index in [1.807, 2.05) is 32.0 Å². The molecule has 2 saturated heterocycles. The Morgan fingerprint density at radius 2 is 1.66 bits per heavy atom. The lowest BCUT2D eigenvalue weighted by molar-refractivity contribution is -0.139. The van der Waals surface area contributed by atoms with Gasteiger partial charge in [0.2, 0.25) is 17.7 Å². The molecule has 4 fully saturated rings. The number of rotatable bonds is 4. The van der Waals surface area contributed by atoms with Crippen molar-refractivity contribution in [3.63, 3.8) is 0 Å². The maximum absolute atomic E-state index is 13.1. The largest absolute Gasteiger partial charge is 0.426 e. The van der Waals surface area contributed by atoms with Crippen LogP contribution in [0.25, 0.3) is 0 Å². The van der Waals surface area contributed by atoms with Crippen molar-refractivity contribution in [1.29, 1.82) is 0 Å². The Hall–Kier alpha value is -3.48. The molecule has 6 rings (SSSR count). The lowest BCUT2D eigenvalue weighted by Crippen LogP contribution is -2.32. The number of carbonyl (C=O) groups is 4. The number of hydrogen-bond acceptors (Lipinski definition) is 5. The average Bonchev–Trinajstić information content (AvgIpc) is 3.59. The number of anilines is 2. The van der Waals surface area contributed by atoms with Crippen LogP contribution in [0.2, 0.25) is 0 Å². The monoisotopic (exact) mass is 472 g/mol. The zero-order valence-electron chi connectivity index (χ0n) is 19.9. The fourth-order valence-corrected chi connectivity index (χ4v) is 6.66. The number of ether oxygens (including phenoxy) is 1. The number of fused-ring (bicyclic) bond motifs is 5. The molecule has 180 valence electrons. The Kier molecular flexibility index (Phi) is 5.06. The number of imide groups is 1. The van der Waals surface area contributed by atoms with Crippen LogP contribution in [0, 0.1) is 43.4 Å². The fraction of sp³-hybridized carbons (Fsp3) is 0.429. The highest BCUT2D eigenvalue weighted by molar-refractivity contribution is 6.22. The molecular weight excluding hydrogens is 444 g/mol. The maximum Gasteiger partial charge on any atom is 0.316 e. The van der Waals surface area contributed by atoms with Gasteiger partial charge in [-0.1, -0.05) is 18.2 Å². The summed E-state index contributed by atoms with van der Waals surface area (Å²) >= 11 is 0. The molecule has 0 unspecified atom stereocenters. The van der Waals surface area contributed by atoms with Gasteiger partial charge in [0.15, 0.2) is 0 Å². The third-order valence-corrected chi connectivity index (χ3v) is 8.34. The van der Waals surface area contributed by atoms with Gasteiger partial charge in [-0.3, -0.25) is 19.2 Å². The topological polar surface area (TPSA) is 84.0 Å². The third kappa shape index (κ3) is 3.48. The molecular formula is C28H28N2O5. The summed E-state index contributed by atoms with van der Waals surface area (Å²) in [5.74, 6) is -0.939. The molecule has 4 aliphatic rings. The molecule has 2 aromatic rings. The van der Waals surface area contributed by atoms with E-state index in [4.69, 9.17) is 4.74 Å². The van der Waals surface area contributed by atoms with Gasteiger partial charge in [0.25, 0.3) is 0 Å². The van der Waals surface area contributed by atoms with Crippen LogP contribution in [0.4, 0.5) is 11.4 Å². The maximum atomic E-state index is 13.1. The normalized spacial score (nSPS) is 29.3. The van der Waals surface area contributed by atoms with Gasteiger partial charge in [-0.15, -0.1) is 0 Å². The zero-order chi connectivity index (χ0) is 24.4. The first-order valence-electron chi connectivity index (χ1n) is 12.4. The predicted molar refractivity (Wildman–Crippen MR) is 129 cm³/mol. The minimum Gasteiger partial charge on any atom is -0.426 e. The van der Waals surface area contributed by atoms with Crippen LogP contribution in [0.3, 0.4) is 0 Å². The van der Waals surface area contributed by atoms with Gasteiger partial charge in [-0.05, 0) is 74.3 Å². The second-order valence-corrected chi connectivity index (χ2v) is 10.5.